The van der Waals surface area contributed by atoms with Gasteiger partial charge >= 0.3 is 12.1 Å². The number of carbonyl (C=O) groups is 4. The molecule has 1 heterocycles. The van der Waals surface area contributed by atoms with Crippen molar-refractivity contribution < 1.29 is 28.7 Å². The van der Waals surface area contributed by atoms with Gasteiger partial charge in [0.25, 0.3) is 0 Å². The lowest BCUT2D eigenvalue weighted by Crippen LogP contribution is -2.48. The SMILES string of the molecule is CC1=CCC(C(C)/C=C(C)/C=C/C=C\C(=O)NC(C(=O)N/C=C\CC(C/C=C(\C)Cl)OC(=O)NC(C)C)C(C)C)OC1=O. The maximum Gasteiger partial charge on any atom is 0.407 e. The highest BCUT2D eigenvalue weighted by molar-refractivity contribution is 6.29. The number of carbonyl (C=O) groups excluding carboxylic acids is 4. The summed E-state index contributed by atoms with van der Waals surface area (Å²) in [5.41, 5.74) is 1.60. The van der Waals surface area contributed by atoms with Crippen LogP contribution < -0.4 is 16.0 Å². The lowest BCUT2D eigenvalue weighted by molar-refractivity contribution is -0.147. The van der Waals surface area contributed by atoms with E-state index < -0.39 is 24.1 Å². The van der Waals surface area contributed by atoms with Gasteiger partial charge in [0.1, 0.15) is 18.2 Å². The van der Waals surface area contributed by atoms with Crippen molar-refractivity contribution in [3.05, 3.63) is 71.0 Å². The molecule has 0 spiro atoms. The standard InChI is InChI=1S/C33H48ClN3O6/c1-21(2)30(31(39)35-19-11-13-27(17-16-26(8)34)42-33(41)36-22(3)4)37-29(38)14-10-9-12-23(5)20-25(7)28-18-15-24(6)32(40)43-28/h9-12,14-16,19-22,25,27-28,30H,13,17-18H2,1-8H3,(H,35,39)(H,36,41)(H,37,38)/b12-9+,14-10-,19-11-,23-20+,26-16+. The van der Waals surface area contributed by atoms with Crippen molar-refractivity contribution in [2.45, 2.75) is 98.9 Å². The summed E-state index contributed by atoms with van der Waals surface area (Å²) in [6, 6.07) is -0.815. The lowest BCUT2D eigenvalue weighted by atomic mass is 9.96. The maximum absolute atomic E-state index is 12.8. The molecule has 1 rings (SSSR count). The molecule has 4 atom stereocenters. The molecule has 4 unspecified atom stereocenters. The molecule has 43 heavy (non-hydrogen) atoms. The Kier molecular flexibility index (Phi) is 17.0. The van der Waals surface area contributed by atoms with Crippen molar-refractivity contribution in [2.75, 3.05) is 0 Å². The van der Waals surface area contributed by atoms with E-state index in [2.05, 4.69) is 16.0 Å². The van der Waals surface area contributed by atoms with E-state index in [0.717, 1.165) is 5.57 Å². The lowest BCUT2D eigenvalue weighted by Gasteiger charge is -2.25. The third-order valence-electron chi connectivity index (χ3n) is 6.40. The predicted molar refractivity (Wildman–Crippen MR) is 171 cm³/mol. The van der Waals surface area contributed by atoms with E-state index in [9.17, 15) is 19.2 Å². The minimum atomic E-state index is -0.755. The Labute approximate surface area is 261 Å². The molecule has 1 aliphatic rings. The van der Waals surface area contributed by atoms with Gasteiger partial charge in [0, 0.05) is 47.9 Å². The number of ether oxygens (including phenoxy) is 2. The van der Waals surface area contributed by atoms with Crippen LogP contribution in [-0.4, -0.2) is 48.2 Å². The number of rotatable bonds is 15. The molecule has 0 aliphatic carbocycles. The molecule has 9 nitrogen and oxygen atoms in total. The molecule has 0 saturated heterocycles. The summed E-state index contributed by atoms with van der Waals surface area (Å²) in [7, 11) is 0. The first-order valence-corrected chi connectivity index (χ1v) is 15.0. The van der Waals surface area contributed by atoms with Crippen LogP contribution in [0.25, 0.3) is 0 Å². The van der Waals surface area contributed by atoms with Crippen LogP contribution in [0, 0.1) is 11.8 Å². The van der Waals surface area contributed by atoms with Gasteiger partial charge in [0.15, 0.2) is 0 Å². The molecule has 3 N–H and O–H groups in total. The number of halogens is 1. The fourth-order valence-electron chi connectivity index (χ4n) is 4.00. The molecule has 3 amide bonds. The highest BCUT2D eigenvalue weighted by Crippen LogP contribution is 2.22. The van der Waals surface area contributed by atoms with E-state index in [1.165, 1.54) is 12.3 Å². The van der Waals surface area contributed by atoms with Crippen LogP contribution >= 0.6 is 11.6 Å². The van der Waals surface area contributed by atoms with Crippen LogP contribution in [0.5, 0.6) is 0 Å². The van der Waals surface area contributed by atoms with Crippen molar-refractivity contribution in [1.29, 1.82) is 0 Å². The number of alkyl carbamates (subject to hydrolysis) is 1. The zero-order chi connectivity index (χ0) is 32.5. The minimum Gasteiger partial charge on any atom is -0.458 e. The molecule has 0 aromatic heterocycles. The van der Waals surface area contributed by atoms with Gasteiger partial charge in [-0.15, -0.1) is 0 Å². The summed E-state index contributed by atoms with van der Waals surface area (Å²) >= 11 is 5.93. The third kappa shape index (κ3) is 16.0. The van der Waals surface area contributed by atoms with Gasteiger partial charge in [-0.2, -0.15) is 0 Å². The number of esters is 1. The van der Waals surface area contributed by atoms with Gasteiger partial charge in [-0.1, -0.05) is 80.5 Å². The van der Waals surface area contributed by atoms with Gasteiger partial charge in [0.05, 0.1) is 0 Å². The first-order chi connectivity index (χ1) is 20.2. The summed E-state index contributed by atoms with van der Waals surface area (Å²) in [6.45, 7) is 14.8. The van der Waals surface area contributed by atoms with Crippen LogP contribution in [0.15, 0.2) is 71.0 Å². The molecular formula is C33H48ClN3O6. The van der Waals surface area contributed by atoms with Crippen LogP contribution in [0.2, 0.25) is 0 Å². The Bertz CT molecular complexity index is 1150. The van der Waals surface area contributed by atoms with E-state index in [4.69, 9.17) is 21.1 Å². The highest BCUT2D eigenvalue weighted by atomic mass is 35.5. The zero-order valence-corrected chi connectivity index (χ0v) is 27.4. The van der Waals surface area contributed by atoms with E-state index in [1.54, 1.807) is 38.2 Å². The second-order valence-electron chi connectivity index (χ2n) is 11.3. The summed E-state index contributed by atoms with van der Waals surface area (Å²) in [6.07, 6.45) is 15.7. The van der Waals surface area contributed by atoms with Gasteiger partial charge in [-0.25, -0.2) is 9.59 Å². The summed E-state index contributed by atoms with van der Waals surface area (Å²) in [4.78, 5) is 49.1. The molecule has 238 valence electrons. The van der Waals surface area contributed by atoms with E-state index in [1.807, 2.05) is 59.8 Å². The molecule has 0 bridgehead atoms. The van der Waals surface area contributed by atoms with Gasteiger partial charge in [-0.3, -0.25) is 9.59 Å². The van der Waals surface area contributed by atoms with Gasteiger partial charge in [-0.05, 0) is 46.7 Å². The Morgan fingerprint density at radius 3 is 2.35 bits per heavy atom. The van der Waals surface area contributed by atoms with Crippen LogP contribution in [0.1, 0.15) is 74.7 Å². The molecular weight excluding hydrogens is 570 g/mol. The fourth-order valence-corrected chi connectivity index (χ4v) is 4.09. The van der Waals surface area contributed by atoms with Crippen molar-refractivity contribution >= 4 is 35.5 Å². The minimum absolute atomic E-state index is 0.0408. The number of cyclic esters (lactones) is 1. The Morgan fingerprint density at radius 2 is 1.74 bits per heavy atom. The van der Waals surface area contributed by atoms with Crippen molar-refractivity contribution in [3.63, 3.8) is 0 Å². The van der Waals surface area contributed by atoms with Crippen molar-refractivity contribution in [3.8, 4) is 0 Å². The monoisotopic (exact) mass is 617 g/mol. The summed E-state index contributed by atoms with van der Waals surface area (Å²) < 4.78 is 10.9. The number of nitrogens with one attached hydrogen (secondary N) is 3. The first kappa shape index (κ1) is 37.4. The quantitative estimate of drug-likeness (QED) is 0.115. The predicted octanol–water partition coefficient (Wildman–Crippen LogP) is 6.14. The molecule has 10 heteroatoms. The van der Waals surface area contributed by atoms with Crippen LogP contribution in [0.3, 0.4) is 0 Å². The topological polar surface area (TPSA) is 123 Å². The maximum atomic E-state index is 12.8. The molecule has 0 saturated carbocycles. The summed E-state index contributed by atoms with van der Waals surface area (Å²) in [5, 5.41) is 8.71. The van der Waals surface area contributed by atoms with Gasteiger partial charge in [0.2, 0.25) is 11.8 Å². The third-order valence-corrected chi connectivity index (χ3v) is 6.55. The average molecular weight is 618 g/mol. The Morgan fingerprint density at radius 1 is 1.07 bits per heavy atom. The van der Waals surface area contributed by atoms with E-state index in [-0.39, 0.29) is 35.9 Å². The highest BCUT2D eigenvalue weighted by Gasteiger charge is 2.24. The Balaban J connectivity index is 2.65. The molecule has 0 fully saturated rings. The second-order valence-corrected chi connectivity index (χ2v) is 11.9. The number of amides is 3. The largest absolute Gasteiger partial charge is 0.458 e. The normalized spacial score (nSPS) is 18.5. The Hall–Kier alpha value is -3.59. The average Bonchev–Trinajstić information content (AvgIpc) is 2.91. The van der Waals surface area contributed by atoms with Crippen molar-refractivity contribution in [2.24, 2.45) is 11.8 Å². The van der Waals surface area contributed by atoms with Crippen LogP contribution in [0.4, 0.5) is 4.79 Å². The molecule has 1 aliphatic heterocycles. The number of allylic oxidation sites excluding steroid dienone is 5. The second kappa shape index (κ2) is 19.6. The fraction of sp³-hybridized carbons (Fsp3) is 0.515. The first-order valence-electron chi connectivity index (χ1n) is 14.7. The number of hydrogen-bond donors (Lipinski definition) is 3. The smallest absolute Gasteiger partial charge is 0.407 e. The molecule has 0 aromatic rings. The van der Waals surface area contributed by atoms with Crippen LogP contribution in [-0.2, 0) is 23.9 Å². The van der Waals surface area contributed by atoms with Gasteiger partial charge < -0.3 is 25.4 Å². The molecule has 0 aromatic carbocycles. The summed E-state index contributed by atoms with van der Waals surface area (Å²) in [5.74, 6) is -1.16. The molecule has 0 radical (unpaired) electrons. The van der Waals surface area contributed by atoms with Crippen molar-refractivity contribution in [1.82, 2.24) is 16.0 Å². The van der Waals surface area contributed by atoms with E-state index >= 15 is 0 Å². The van der Waals surface area contributed by atoms with E-state index in [0.29, 0.717) is 29.9 Å². The zero-order valence-electron chi connectivity index (χ0n) is 26.6. The number of hydrogen-bond acceptors (Lipinski definition) is 6.